The molecule has 0 spiro atoms. The first-order valence-electron chi connectivity index (χ1n) is 6.44. The van der Waals surface area contributed by atoms with Crippen molar-refractivity contribution in [3.8, 4) is 11.5 Å². The van der Waals surface area contributed by atoms with Crippen molar-refractivity contribution in [2.45, 2.75) is 32.6 Å². The van der Waals surface area contributed by atoms with Crippen LogP contribution in [0, 0.1) is 0 Å². The molecule has 92 valence electrons. The van der Waals surface area contributed by atoms with Gasteiger partial charge in [-0.25, -0.2) is 0 Å². The molecule has 0 amide bonds. The highest BCUT2D eigenvalue weighted by Crippen LogP contribution is 2.40. The number of hydrogen-bond acceptors (Lipinski definition) is 1. The van der Waals surface area contributed by atoms with E-state index in [1.807, 2.05) is 12.1 Å². The van der Waals surface area contributed by atoms with E-state index in [-0.39, 0.29) is 5.41 Å². The van der Waals surface area contributed by atoms with Crippen molar-refractivity contribution >= 4 is 0 Å². The molecule has 0 saturated heterocycles. The quantitative estimate of drug-likeness (QED) is 0.552. The highest BCUT2D eigenvalue weighted by atomic mass is 16.5. The molecule has 0 bridgehead atoms. The summed E-state index contributed by atoms with van der Waals surface area (Å²) in [5.41, 5.74) is 4.15. The maximum absolute atomic E-state index is 6.01. The van der Waals surface area contributed by atoms with E-state index in [1.165, 1.54) is 16.7 Å². The molecule has 0 fully saturated rings. The van der Waals surface area contributed by atoms with Gasteiger partial charge in [0.1, 0.15) is 11.5 Å². The predicted molar refractivity (Wildman–Crippen MR) is 74.5 cm³/mol. The summed E-state index contributed by atoms with van der Waals surface area (Å²) in [5, 5.41) is 0. The summed E-state index contributed by atoms with van der Waals surface area (Å²) in [6, 6.07) is 14.7. The minimum Gasteiger partial charge on any atom is -0.457 e. The van der Waals surface area contributed by atoms with E-state index in [0.717, 1.165) is 17.9 Å². The van der Waals surface area contributed by atoms with Gasteiger partial charge < -0.3 is 4.74 Å². The Bertz CT molecular complexity index is 591. The highest BCUT2D eigenvalue weighted by molar-refractivity contribution is 5.53. The fourth-order valence-electron chi connectivity index (χ4n) is 2.60. The summed E-state index contributed by atoms with van der Waals surface area (Å²) in [4.78, 5) is 0. The number of rotatable bonds is 0. The zero-order valence-electron chi connectivity index (χ0n) is 11.2. The normalized spacial score (nSPS) is 13.5. The zero-order chi connectivity index (χ0) is 12.8. The largest absolute Gasteiger partial charge is 0.457 e. The first-order valence-corrected chi connectivity index (χ1v) is 6.44. The minimum atomic E-state index is 0.154. The summed E-state index contributed by atoms with van der Waals surface area (Å²) >= 11 is 0. The average molecular weight is 238 g/mol. The molecule has 1 heteroatoms. The maximum atomic E-state index is 6.01. The van der Waals surface area contributed by atoms with Crippen LogP contribution in [0.4, 0.5) is 0 Å². The number of para-hydroxylation sites is 1. The van der Waals surface area contributed by atoms with Gasteiger partial charge in [0.2, 0.25) is 0 Å². The van der Waals surface area contributed by atoms with Gasteiger partial charge in [-0.1, -0.05) is 51.1 Å². The summed E-state index contributed by atoms with van der Waals surface area (Å²) in [6.07, 6.45) is 0.971. The second kappa shape index (κ2) is 3.88. The van der Waals surface area contributed by atoms with Crippen molar-refractivity contribution in [3.63, 3.8) is 0 Å². The fourth-order valence-corrected chi connectivity index (χ4v) is 2.60. The molecule has 1 heterocycles. The van der Waals surface area contributed by atoms with Crippen LogP contribution in [-0.2, 0) is 11.8 Å². The second-order valence-electron chi connectivity index (χ2n) is 5.92. The summed E-state index contributed by atoms with van der Waals surface area (Å²) < 4.78 is 6.01. The van der Waals surface area contributed by atoms with Gasteiger partial charge in [-0.2, -0.15) is 0 Å². The molecule has 0 aromatic heterocycles. The molecule has 2 aromatic rings. The van der Waals surface area contributed by atoms with Crippen LogP contribution < -0.4 is 4.74 Å². The van der Waals surface area contributed by atoms with E-state index in [9.17, 15) is 0 Å². The molecule has 0 saturated carbocycles. The Morgan fingerprint density at radius 2 is 1.61 bits per heavy atom. The van der Waals surface area contributed by atoms with Crippen LogP contribution >= 0.6 is 0 Å². The van der Waals surface area contributed by atoms with Crippen LogP contribution in [0.5, 0.6) is 11.5 Å². The molecule has 1 aliphatic heterocycles. The third-order valence-corrected chi connectivity index (χ3v) is 3.50. The van der Waals surface area contributed by atoms with Crippen molar-refractivity contribution in [2.75, 3.05) is 0 Å². The van der Waals surface area contributed by atoms with Crippen LogP contribution in [0.15, 0.2) is 42.5 Å². The zero-order valence-corrected chi connectivity index (χ0v) is 11.2. The first-order chi connectivity index (χ1) is 8.55. The lowest BCUT2D eigenvalue weighted by atomic mass is 9.81. The molecule has 1 nitrogen and oxygen atoms in total. The third kappa shape index (κ3) is 1.80. The highest BCUT2D eigenvalue weighted by Gasteiger charge is 2.24. The van der Waals surface area contributed by atoms with E-state index >= 15 is 0 Å². The Hall–Kier alpha value is -1.76. The molecule has 0 N–H and O–H groups in total. The van der Waals surface area contributed by atoms with E-state index < -0.39 is 0 Å². The third-order valence-electron chi connectivity index (χ3n) is 3.50. The number of benzene rings is 2. The van der Waals surface area contributed by atoms with Crippen LogP contribution in [-0.4, -0.2) is 0 Å². The van der Waals surface area contributed by atoms with Crippen molar-refractivity contribution in [3.05, 3.63) is 59.2 Å². The molecule has 2 aromatic carbocycles. The number of hydrogen-bond donors (Lipinski definition) is 0. The second-order valence-corrected chi connectivity index (χ2v) is 5.92. The van der Waals surface area contributed by atoms with Crippen molar-refractivity contribution in [1.82, 2.24) is 0 Å². The minimum absolute atomic E-state index is 0.154. The summed E-state index contributed by atoms with van der Waals surface area (Å²) in [7, 11) is 0. The Kier molecular flexibility index (Phi) is 2.44. The van der Waals surface area contributed by atoms with E-state index in [1.54, 1.807) is 0 Å². The molecule has 0 aliphatic carbocycles. The molecule has 0 radical (unpaired) electrons. The molecule has 1 aliphatic rings. The lowest BCUT2D eigenvalue weighted by molar-refractivity contribution is 0.453. The van der Waals surface area contributed by atoms with Gasteiger partial charge >= 0.3 is 0 Å². The van der Waals surface area contributed by atoms with Gasteiger partial charge in [-0.15, -0.1) is 0 Å². The van der Waals surface area contributed by atoms with Gasteiger partial charge in [0, 0.05) is 12.0 Å². The van der Waals surface area contributed by atoms with Crippen LogP contribution in [0.3, 0.4) is 0 Å². The average Bonchev–Trinajstić information content (AvgIpc) is 2.34. The Labute approximate surface area is 108 Å². The first kappa shape index (κ1) is 11.3. The molecular formula is C17H18O. The van der Waals surface area contributed by atoms with Gasteiger partial charge in [0.05, 0.1) is 0 Å². The molecule has 3 rings (SSSR count). The van der Waals surface area contributed by atoms with Crippen molar-refractivity contribution in [1.29, 1.82) is 0 Å². The van der Waals surface area contributed by atoms with Gasteiger partial charge in [-0.3, -0.25) is 0 Å². The standard InChI is InChI=1S/C17H18O/c1-17(2,3)14-8-6-10-16-13(14)11-12-7-4-5-9-15(12)18-16/h4-10H,11H2,1-3H3. The number of ether oxygens (including phenoxy) is 1. The predicted octanol–water partition coefficient (Wildman–Crippen LogP) is 4.68. The molecular weight excluding hydrogens is 220 g/mol. The SMILES string of the molecule is CC(C)(C)c1cccc2c1Cc1ccccc1O2. The van der Waals surface area contributed by atoms with Crippen molar-refractivity contribution < 1.29 is 4.74 Å². The molecule has 0 unspecified atom stereocenters. The Morgan fingerprint density at radius 1 is 0.889 bits per heavy atom. The van der Waals surface area contributed by atoms with Crippen LogP contribution in [0.2, 0.25) is 0 Å². The summed E-state index contributed by atoms with van der Waals surface area (Å²) in [6.45, 7) is 6.76. The van der Waals surface area contributed by atoms with Crippen LogP contribution in [0.1, 0.15) is 37.5 Å². The molecule has 18 heavy (non-hydrogen) atoms. The van der Waals surface area contributed by atoms with Crippen molar-refractivity contribution in [2.24, 2.45) is 0 Å². The Balaban J connectivity index is 2.14. The lowest BCUT2D eigenvalue weighted by Crippen LogP contribution is -2.16. The lowest BCUT2D eigenvalue weighted by Gasteiger charge is -2.28. The monoisotopic (exact) mass is 238 g/mol. The Morgan fingerprint density at radius 3 is 2.39 bits per heavy atom. The maximum Gasteiger partial charge on any atom is 0.131 e. The van der Waals surface area contributed by atoms with Crippen LogP contribution in [0.25, 0.3) is 0 Å². The van der Waals surface area contributed by atoms with E-state index in [4.69, 9.17) is 4.74 Å². The molecule has 0 atom stereocenters. The van der Waals surface area contributed by atoms with Gasteiger partial charge in [-0.05, 0) is 28.7 Å². The topological polar surface area (TPSA) is 9.23 Å². The smallest absolute Gasteiger partial charge is 0.131 e. The van der Waals surface area contributed by atoms with E-state index in [2.05, 4.69) is 51.1 Å². The number of fused-ring (bicyclic) bond motifs is 2. The van der Waals surface area contributed by atoms with Gasteiger partial charge in [0.15, 0.2) is 0 Å². The fraction of sp³-hybridized carbons (Fsp3) is 0.294. The summed E-state index contributed by atoms with van der Waals surface area (Å²) in [5.74, 6) is 2.01. The van der Waals surface area contributed by atoms with E-state index in [0.29, 0.717) is 0 Å². The van der Waals surface area contributed by atoms with Gasteiger partial charge in [0.25, 0.3) is 0 Å².